The van der Waals surface area contributed by atoms with Crippen molar-refractivity contribution in [2.75, 3.05) is 7.11 Å². The molecule has 0 unspecified atom stereocenters. The van der Waals surface area contributed by atoms with Crippen molar-refractivity contribution >= 4 is 10.0 Å². The van der Waals surface area contributed by atoms with Crippen LogP contribution in [0.5, 0.6) is 5.75 Å². The first-order chi connectivity index (χ1) is 9.94. The molecular formula is C16H25NO3S. The smallest absolute Gasteiger partial charge is 0.241 e. The molecule has 1 aliphatic rings. The molecule has 21 heavy (non-hydrogen) atoms. The van der Waals surface area contributed by atoms with E-state index in [1.54, 1.807) is 13.2 Å². The number of sulfonamides is 1. The minimum absolute atomic E-state index is 0.0594. The first-order valence-electron chi connectivity index (χ1n) is 7.61. The Hall–Kier alpha value is -1.07. The molecule has 0 atom stereocenters. The Morgan fingerprint density at radius 1 is 1.05 bits per heavy atom. The van der Waals surface area contributed by atoms with Crippen molar-refractivity contribution in [2.45, 2.75) is 63.3 Å². The van der Waals surface area contributed by atoms with Gasteiger partial charge in [-0.2, -0.15) is 0 Å². The molecule has 4 nitrogen and oxygen atoms in total. The third-order valence-corrected chi connectivity index (χ3v) is 5.82. The number of aryl methyl sites for hydroxylation is 2. The van der Waals surface area contributed by atoms with E-state index in [0.717, 1.165) is 36.8 Å². The SMILES string of the molecule is COc1cc(S(=O)(=O)NC2CCCCCC2)c(C)cc1C. The van der Waals surface area contributed by atoms with Gasteiger partial charge in [0.2, 0.25) is 10.0 Å². The highest BCUT2D eigenvalue weighted by Crippen LogP contribution is 2.27. The van der Waals surface area contributed by atoms with E-state index in [2.05, 4.69) is 4.72 Å². The third kappa shape index (κ3) is 3.98. The van der Waals surface area contributed by atoms with Gasteiger partial charge in [-0.3, -0.25) is 0 Å². The molecular weight excluding hydrogens is 286 g/mol. The summed E-state index contributed by atoms with van der Waals surface area (Å²) in [5.41, 5.74) is 1.71. The van der Waals surface area contributed by atoms with Crippen LogP contribution in [0.15, 0.2) is 17.0 Å². The van der Waals surface area contributed by atoms with Crippen molar-refractivity contribution in [3.63, 3.8) is 0 Å². The van der Waals surface area contributed by atoms with Crippen LogP contribution < -0.4 is 9.46 Å². The fourth-order valence-corrected chi connectivity index (χ4v) is 4.55. The molecule has 0 radical (unpaired) electrons. The molecule has 0 spiro atoms. The van der Waals surface area contributed by atoms with Crippen molar-refractivity contribution in [3.8, 4) is 5.75 Å². The number of methoxy groups -OCH3 is 1. The number of hydrogen-bond acceptors (Lipinski definition) is 3. The van der Waals surface area contributed by atoms with E-state index in [-0.39, 0.29) is 6.04 Å². The lowest BCUT2D eigenvalue weighted by atomic mass is 10.1. The van der Waals surface area contributed by atoms with E-state index in [9.17, 15) is 8.42 Å². The minimum atomic E-state index is -3.49. The summed E-state index contributed by atoms with van der Waals surface area (Å²) in [6.07, 6.45) is 6.47. The maximum absolute atomic E-state index is 12.6. The second-order valence-electron chi connectivity index (χ2n) is 5.90. The zero-order valence-corrected chi connectivity index (χ0v) is 13.9. The molecule has 0 heterocycles. The predicted octanol–water partition coefficient (Wildman–Crippen LogP) is 3.31. The molecule has 0 bridgehead atoms. The first kappa shape index (κ1) is 16.3. The van der Waals surface area contributed by atoms with E-state index < -0.39 is 10.0 Å². The maximum atomic E-state index is 12.6. The van der Waals surface area contributed by atoms with Gasteiger partial charge in [0.15, 0.2) is 0 Å². The summed E-state index contributed by atoms with van der Waals surface area (Å²) < 4.78 is 33.4. The Labute approximate surface area is 127 Å². The Bertz CT molecular complexity index is 588. The molecule has 0 aliphatic heterocycles. The van der Waals surface area contributed by atoms with Crippen LogP contribution in [0.25, 0.3) is 0 Å². The lowest BCUT2D eigenvalue weighted by Gasteiger charge is -2.18. The molecule has 0 saturated heterocycles. The van der Waals surface area contributed by atoms with Crippen LogP contribution >= 0.6 is 0 Å². The summed E-state index contributed by atoms with van der Waals surface area (Å²) in [6.45, 7) is 3.75. The molecule has 1 fully saturated rings. The van der Waals surface area contributed by atoms with Crippen LogP contribution in [-0.2, 0) is 10.0 Å². The van der Waals surface area contributed by atoms with Crippen LogP contribution in [0.4, 0.5) is 0 Å². The molecule has 0 aromatic heterocycles. The molecule has 5 heteroatoms. The molecule has 0 amide bonds. The number of benzene rings is 1. The Morgan fingerprint density at radius 2 is 1.67 bits per heavy atom. The van der Waals surface area contributed by atoms with Crippen molar-refractivity contribution in [3.05, 3.63) is 23.3 Å². The highest BCUT2D eigenvalue weighted by molar-refractivity contribution is 7.89. The van der Waals surface area contributed by atoms with Crippen LogP contribution in [-0.4, -0.2) is 21.6 Å². The van der Waals surface area contributed by atoms with Gasteiger partial charge in [-0.05, 0) is 37.8 Å². The van der Waals surface area contributed by atoms with E-state index >= 15 is 0 Å². The van der Waals surface area contributed by atoms with E-state index in [0.29, 0.717) is 10.6 Å². The lowest BCUT2D eigenvalue weighted by molar-refractivity contribution is 0.410. The number of rotatable bonds is 4. The van der Waals surface area contributed by atoms with Crippen LogP contribution in [0, 0.1) is 13.8 Å². The van der Waals surface area contributed by atoms with Crippen molar-refractivity contribution in [1.29, 1.82) is 0 Å². The topological polar surface area (TPSA) is 55.4 Å². The van der Waals surface area contributed by atoms with E-state index in [1.807, 2.05) is 19.9 Å². The normalized spacial score (nSPS) is 17.5. The summed E-state index contributed by atoms with van der Waals surface area (Å²) in [5.74, 6) is 0.613. The van der Waals surface area contributed by atoms with E-state index in [4.69, 9.17) is 4.74 Å². The van der Waals surface area contributed by atoms with Crippen molar-refractivity contribution < 1.29 is 13.2 Å². The van der Waals surface area contributed by atoms with Gasteiger partial charge in [-0.25, -0.2) is 13.1 Å². The zero-order valence-electron chi connectivity index (χ0n) is 13.1. The maximum Gasteiger partial charge on any atom is 0.241 e. The molecule has 1 aromatic rings. The largest absolute Gasteiger partial charge is 0.496 e. The summed E-state index contributed by atoms with van der Waals surface area (Å²) in [7, 11) is -1.92. The average molecular weight is 311 g/mol. The number of nitrogens with one attached hydrogen (secondary N) is 1. The van der Waals surface area contributed by atoms with Crippen LogP contribution in [0.1, 0.15) is 49.7 Å². The van der Waals surface area contributed by atoms with Gasteiger partial charge < -0.3 is 4.74 Å². The summed E-state index contributed by atoms with van der Waals surface area (Å²) in [4.78, 5) is 0.328. The molecule has 1 N–H and O–H groups in total. The molecule has 1 aromatic carbocycles. The van der Waals surface area contributed by atoms with E-state index in [1.165, 1.54) is 12.8 Å². The second kappa shape index (κ2) is 6.79. The molecule has 2 rings (SSSR count). The third-order valence-electron chi connectivity index (χ3n) is 4.16. The zero-order chi connectivity index (χ0) is 15.5. The highest BCUT2D eigenvalue weighted by Gasteiger charge is 2.23. The van der Waals surface area contributed by atoms with Gasteiger partial charge in [-0.1, -0.05) is 31.7 Å². The van der Waals surface area contributed by atoms with Gasteiger partial charge in [0, 0.05) is 12.1 Å². The Balaban J connectivity index is 2.26. The van der Waals surface area contributed by atoms with Crippen LogP contribution in [0.2, 0.25) is 0 Å². The summed E-state index contributed by atoms with van der Waals surface area (Å²) in [6, 6.07) is 3.55. The van der Waals surface area contributed by atoms with Gasteiger partial charge >= 0.3 is 0 Å². The quantitative estimate of drug-likeness (QED) is 0.868. The fourth-order valence-electron chi connectivity index (χ4n) is 3.00. The standard InChI is InChI=1S/C16H25NO3S/c1-12-10-13(2)16(11-15(12)20-3)21(18,19)17-14-8-6-4-5-7-9-14/h10-11,14,17H,4-9H2,1-3H3. The molecule has 1 saturated carbocycles. The van der Waals surface area contributed by atoms with Gasteiger partial charge in [0.1, 0.15) is 5.75 Å². The lowest BCUT2D eigenvalue weighted by Crippen LogP contribution is -2.34. The number of ether oxygens (including phenoxy) is 1. The van der Waals surface area contributed by atoms with Gasteiger partial charge in [0.25, 0.3) is 0 Å². The molecule has 118 valence electrons. The monoisotopic (exact) mass is 311 g/mol. The Kier molecular flexibility index (Phi) is 5.27. The number of hydrogen-bond donors (Lipinski definition) is 1. The van der Waals surface area contributed by atoms with Gasteiger partial charge in [0.05, 0.1) is 12.0 Å². The van der Waals surface area contributed by atoms with Crippen LogP contribution in [0.3, 0.4) is 0 Å². The predicted molar refractivity (Wildman–Crippen MR) is 84.3 cm³/mol. The molecule has 1 aliphatic carbocycles. The summed E-state index contributed by atoms with van der Waals surface area (Å²) >= 11 is 0. The second-order valence-corrected chi connectivity index (χ2v) is 7.58. The summed E-state index contributed by atoms with van der Waals surface area (Å²) in [5, 5.41) is 0. The minimum Gasteiger partial charge on any atom is -0.496 e. The van der Waals surface area contributed by atoms with Crippen molar-refractivity contribution in [1.82, 2.24) is 4.72 Å². The van der Waals surface area contributed by atoms with Gasteiger partial charge in [-0.15, -0.1) is 0 Å². The highest BCUT2D eigenvalue weighted by atomic mass is 32.2. The fraction of sp³-hybridized carbons (Fsp3) is 0.625. The Morgan fingerprint density at radius 3 is 2.24 bits per heavy atom. The first-order valence-corrected chi connectivity index (χ1v) is 9.10. The average Bonchev–Trinajstić information content (AvgIpc) is 2.66. The van der Waals surface area contributed by atoms with Crippen molar-refractivity contribution in [2.24, 2.45) is 0 Å².